The first-order valence-electron chi connectivity index (χ1n) is 11.4. The number of fused-ring (bicyclic) bond motifs is 2. The van der Waals surface area contributed by atoms with E-state index >= 15 is 0 Å². The molecule has 28 heavy (non-hydrogen) atoms. The summed E-state index contributed by atoms with van der Waals surface area (Å²) >= 11 is 0. The Morgan fingerprint density at radius 3 is 1.21 bits per heavy atom. The van der Waals surface area contributed by atoms with Gasteiger partial charge in [-0.25, -0.2) is 0 Å². The fourth-order valence-corrected chi connectivity index (χ4v) is 3.91. The third kappa shape index (κ3) is 7.89. The molecular weight excluding hydrogens is 336 g/mol. The van der Waals surface area contributed by atoms with Crippen molar-refractivity contribution >= 4 is 12.2 Å². The standard InChI is InChI=1S/C28H36/c1-2-4-6-8-10-12-14-26-17-21-28(22-18-26)24-23-27-19-15-25(16-20-27)13-11-9-7-5-3-1/h1-2,15-24H,3-14H2/b2-1+,24-23-. The summed E-state index contributed by atoms with van der Waals surface area (Å²) < 4.78 is 0. The highest BCUT2D eigenvalue weighted by Gasteiger charge is 1.97. The topological polar surface area (TPSA) is 0 Å². The second-order valence-corrected chi connectivity index (χ2v) is 8.19. The molecule has 0 saturated carbocycles. The molecule has 0 heterocycles. The number of rotatable bonds is 0. The summed E-state index contributed by atoms with van der Waals surface area (Å²) in [5.41, 5.74) is 5.51. The number of benzene rings is 2. The minimum Gasteiger partial charge on any atom is -0.0885 e. The van der Waals surface area contributed by atoms with Crippen LogP contribution < -0.4 is 0 Å². The van der Waals surface area contributed by atoms with E-state index in [9.17, 15) is 0 Å². The Bertz CT molecular complexity index is 652. The van der Waals surface area contributed by atoms with Gasteiger partial charge < -0.3 is 0 Å². The minimum absolute atomic E-state index is 1.21. The van der Waals surface area contributed by atoms with Crippen LogP contribution in [-0.2, 0) is 12.8 Å². The summed E-state index contributed by atoms with van der Waals surface area (Å²) in [5, 5.41) is 0. The summed E-state index contributed by atoms with van der Waals surface area (Å²) in [6.45, 7) is 0. The molecule has 5 rings (SSSR count). The summed E-state index contributed by atoms with van der Waals surface area (Å²) in [6.07, 6.45) is 25.0. The number of hydrogen-bond donors (Lipinski definition) is 0. The van der Waals surface area contributed by atoms with Crippen molar-refractivity contribution < 1.29 is 0 Å². The van der Waals surface area contributed by atoms with Crippen molar-refractivity contribution in [1.29, 1.82) is 0 Å². The molecule has 3 aliphatic rings. The third-order valence-corrected chi connectivity index (χ3v) is 5.77. The molecule has 0 N–H and O–H groups in total. The molecule has 0 nitrogen and oxygen atoms in total. The summed E-state index contributed by atoms with van der Waals surface area (Å²) in [4.78, 5) is 0. The van der Waals surface area contributed by atoms with Crippen LogP contribution in [0.1, 0.15) is 86.5 Å². The number of hydrogen-bond acceptors (Lipinski definition) is 0. The molecule has 0 spiro atoms. The summed E-state index contributed by atoms with van der Waals surface area (Å²) in [5.74, 6) is 0. The monoisotopic (exact) mass is 372 g/mol. The molecule has 148 valence electrons. The largest absolute Gasteiger partial charge is 0.0885 e. The normalized spacial score (nSPS) is 19.7. The Hall–Kier alpha value is -2.08. The van der Waals surface area contributed by atoms with Crippen LogP contribution in [0.5, 0.6) is 0 Å². The van der Waals surface area contributed by atoms with Gasteiger partial charge in [-0.2, -0.15) is 0 Å². The van der Waals surface area contributed by atoms with Gasteiger partial charge in [0, 0.05) is 0 Å². The third-order valence-electron chi connectivity index (χ3n) is 5.77. The molecule has 0 radical (unpaired) electrons. The summed E-state index contributed by atoms with van der Waals surface area (Å²) in [7, 11) is 0. The molecule has 4 bridgehead atoms. The molecular formula is C28H36. The Labute approximate surface area is 172 Å². The van der Waals surface area contributed by atoms with E-state index in [1.807, 2.05) is 0 Å². The average Bonchev–Trinajstić information content (AvgIpc) is 2.73. The van der Waals surface area contributed by atoms with E-state index < -0.39 is 0 Å². The smallest absolute Gasteiger partial charge is 0.0256 e. The molecule has 0 atom stereocenters. The minimum atomic E-state index is 1.21. The lowest BCUT2D eigenvalue weighted by Crippen LogP contribution is -1.87. The second kappa shape index (κ2) is 12.4. The van der Waals surface area contributed by atoms with Gasteiger partial charge in [0.1, 0.15) is 0 Å². The van der Waals surface area contributed by atoms with Gasteiger partial charge in [-0.3, -0.25) is 0 Å². The molecule has 0 saturated heterocycles. The van der Waals surface area contributed by atoms with Gasteiger partial charge in [0.25, 0.3) is 0 Å². The molecule has 0 heteroatoms. The van der Waals surface area contributed by atoms with Crippen LogP contribution >= 0.6 is 0 Å². The van der Waals surface area contributed by atoms with Crippen LogP contribution in [0.2, 0.25) is 0 Å². The molecule has 2 aromatic carbocycles. The second-order valence-electron chi connectivity index (χ2n) is 8.19. The maximum Gasteiger partial charge on any atom is -0.0256 e. The quantitative estimate of drug-likeness (QED) is 0.407. The van der Waals surface area contributed by atoms with Crippen molar-refractivity contribution in [2.75, 3.05) is 0 Å². The van der Waals surface area contributed by atoms with E-state index in [2.05, 4.69) is 72.8 Å². The lowest BCUT2D eigenvalue weighted by Gasteiger charge is -2.04. The highest BCUT2D eigenvalue weighted by molar-refractivity contribution is 5.69. The zero-order chi connectivity index (χ0) is 19.3. The van der Waals surface area contributed by atoms with Crippen molar-refractivity contribution in [2.24, 2.45) is 0 Å². The fraction of sp³-hybridized carbons (Fsp3) is 0.429. The molecule has 3 aliphatic carbocycles. The lowest BCUT2D eigenvalue weighted by atomic mass is 10.0. The fourth-order valence-electron chi connectivity index (χ4n) is 3.91. The first-order chi connectivity index (χ1) is 13.9. The molecule has 0 fully saturated rings. The maximum absolute atomic E-state index is 2.41. The van der Waals surface area contributed by atoms with Crippen LogP contribution in [0.25, 0.3) is 12.2 Å². The van der Waals surface area contributed by atoms with Crippen LogP contribution in [0, 0.1) is 0 Å². The molecule has 0 aliphatic heterocycles. The molecule has 0 unspecified atom stereocenters. The Kier molecular flexibility index (Phi) is 9.14. The Morgan fingerprint density at radius 2 is 0.786 bits per heavy atom. The van der Waals surface area contributed by atoms with E-state index in [4.69, 9.17) is 0 Å². The summed E-state index contributed by atoms with van der Waals surface area (Å²) in [6, 6.07) is 18.2. The lowest BCUT2D eigenvalue weighted by molar-refractivity contribution is 0.639. The van der Waals surface area contributed by atoms with Gasteiger partial charge >= 0.3 is 0 Å². The van der Waals surface area contributed by atoms with Crippen molar-refractivity contribution in [1.82, 2.24) is 0 Å². The predicted molar refractivity (Wildman–Crippen MR) is 125 cm³/mol. The molecule has 2 aromatic rings. The highest BCUT2D eigenvalue weighted by Crippen LogP contribution is 2.15. The van der Waals surface area contributed by atoms with E-state index in [1.54, 1.807) is 0 Å². The van der Waals surface area contributed by atoms with Crippen molar-refractivity contribution in [2.45, 2.75) is 77.0 Å². The van der Waals surface area contributed by atoms with Crippen molar-refractivity contribution in [3.8, 4) is 0 Å². The maximum atomic E-state index is 2.41. The number of aryl methyl sites for hydroxylation is 2. The van der Waals surface area contributed by atoms with Crippen LogP contribution in [-0.4, -0.2) is 0 Å². The van der Waals surface area contributed by atoms with Crippen LogP contribution in [0.4, 0.5) is 0 Å². The Balaban J connectivity index is 1.58. The van der Waals surface area contributed by atoms with E-state index in [-0.39, 0.29) is 0 Å². The predicted octanol–water partition coefficient (Wildman–Crippen LogP) is 8.41. The van der Waals surface area contributed by atoms with Gasteiger partial charge in [0.2, 0.25) is 0 Å². The van der Waals surface area contributed by atoms with Crippen molar-refractivity contribution in [3.05, 3.63) is 82.9 Å². The Morgan fingerprint density at radius 1 is 0.393 bits per heavy atom. The van der Waals surface area contributed by atoms with E-state index in [1.165, 1.54) is 99.3 Å². The van der Waals surface area contributed by atoms with Gasteiger partial charge in [-0.05, 0) is 73.6 Å². The van der Waals surface area contributed by atoms with E-state index in [0.29, 0.717) is 0 Å². The van der Waals surface area contributed by atoms with Crippen LogP contribution in [0.3, 0.4) is 0 Å². The SMILES string of the molecule is C1=C\c2ccc(cc2)CCCCCC/C=C/CCCCCCc2ccc/1cc2. The first kappa shape index (κ1) is 20.6. The zero-order valence-corrected chi connectivity index (χ0v) is 17.4. The van der Waals surface area contributed by atoms with Gasteiger partial charge in [-0.1, -0.05) is 98.5 Å². The van der Waals surface area contributed by atoms with Crippen LogP contribution in [0.15, 0.2) is 60.7 Å². The molecule has 0 amide bonds. The van der Waals surface area contributed by atoms with Gasteiger partial charge in [0.05, 0.1) is 0 Å². The molecule has 0 aromatic heterocycles. The first-order valence-corrected chi connectivity index (χ1v) is 11.4. The van der Waals surface area contributed by atoms with Gasteiger partial charge in [0.15, 0.2) is 0 Å². The number of allylic oxidation sites excluding steroid dienone is 2. The average molecular weight is 373 g/mol. The van der Waals surface area contributed by atoms with Crippen molar-refractivity contribution in [3.63, 3.8) is 0 Å². The zero-order valence-electron chi connectivity index (χ0n) is 17.4. The highest BCUT2D eigenvalue weighted by atomic mass is 14.0. The van der Waals surface area contributed by atoms with E-state index in [0.717, 1.165) is 0 Å². The van der Waals surface area contributed by atoms with Gasteiger partial charge in [-0.15, -0.1) is 0 Å².